The van der Waals surface area contributed by atoms with Crippen molar-refractivity contribution in [2.45, 2.75) is 12.2 Å². The van der Waals surface area contributed by atoms with Crippen LogP contribution in [0.25, 0.3) is 11.1 Å². The molecule has 1 aromatic heterocycles. The summed E-state index contributed by atoms with van der Waals surface area (Å²) in [6.45, 7) is 0.0304. The van der Waals surface area contributed by atoms with Crippen LogP contribution in [-0.4, -0.2) is 12.6 Å². The predicted octanol–water partition coefficient (Wildman–Crippen LogP) is 4.07. The van der Waals surface area contributed by atoms with Crippen LogP contribution < -0.4 is 10.6 Å². The van der Waals surface area contributed by atoms with Gasteiger partial charge in [0.25, 0.3) is 0 Å². The van der Waals surface area contributed by atoms with E-state index in [0.29, 0.717) is 11.3 Å². The van der Waals surface area contributed by atoms with Crippen LogP contribution in [0.3, 0.4) is 0 Å². The zero-order valence-electron chi connectivity index (χ0n) is 11.3. The molecule has 3 rings (SSSR count). The van der Waals surface area contributed by atoms with E-state index in [2.05, 4.69) is 10.6 Å². The molecule has 2 N–H and O–H groups in total. The van der Waals surface area contributed by atoms with Gasteiger partial charge in [-0.2, -0.15) is 13.2 Å². The second kappa shape index (κ2) is 5.48. The second-order valence-corrected chi connectivity index (χ2v) is 5.87. The summed E-state index contributed by atoms with van der Waals surface area (Å²) in [6.07, 6.45) is -4.50. The Hall–Kier alpha value is -2.16. The molecule has 1 unspecified atom stereocenters. The van der Waals surface area contributed by atoms with Crippen molar-refractivity contribution in [1.29, 1.82) is 0 Å². The lowest BCUT2D eigenvalue weighted by atomic mass is 10.0. The Kier molecular flexibility index (Phi) is 3.75. The fraction of sp³-hybridized carbons (Fsp3) is 0.214. The van der Waals surface area contributed by atoms with Gasteiger partial charge in [0.1, 0.15) is 16.5 Å². The molecule has 9 heteroatoms. The largest absolute Gasteiger partial charge is 0.425 e. The van der Waals surface area contributed by atoms with Gasteiger partial charge in [0, 0.05) is 12.1 Å². The molecule has 1 fully saturated rings. The van der Waals surface area contributed by atoms with Gasteiger partial charge in [0.05, 0.1) is 6.04 Å². The van der Waals surface area contributed by atoms with Gasteiger partial charge in [0.15, 0.2) is 0 Å². The Bertz CT molecular complexity index is 748. The van der Waals surface area contributed by atoms with E-state index in [1.54, 1.807) is 0 Å². The predicted molar refractivity (Wildman–Crippen MR) is 73.9 cm³/mol. The maximum Gasteiger partial charge on any atom is 0.425 e. The maximum absolute atomic E-state index is 14.2. The smallest absolute Gasteiger partial charge is 0.336 e. The number of hydrogen-bond donors (Lipinski definition) is 2. The first-order valence-electron chi connectivity index (χ1n) is 6.45. The maximum atomic E-state index is 14.2. The first-order valence-corrected chi connectivity index (χ1v) is 7.33. The second-order valence-electron chi connectivity index (χ2n) is 4.96. The molecular formula is C14H9F5N2OS. The number of nitrogens with one attached hydrogen (secondary N) is 2. The van der Waals surface area contributed by atoms with Gasteiger partial charge in [-0.1, -0.05) is 0 Å². The van der Waals surface area contributed by atoms with E-state index in [1.807, 2.05) is 0 Å². The quantitative estimate of drug-likeness (QED) is 0.790. The van der Waals surface area contributed by atoms with Gasteiger partial charge in [-0.15, -0.1) is 11.3 Å². The molecule has 0 radical (unpaired) electrons. The van der Waals surface area contributed by atoms with E-state index in [0.717, 1.165) is 18.2 Å². The number of halogens is 5. The minimum Gasteiger partial charge on any atom is -0.336 e. The van der Waals surface area contributed by atoms with Crippen LogP contribution in [0.15, 0.2) is 23.6 Å². The number of urea groups is 1. The zero-order valence-corrected chi connectivity index (χ0v) is 12.1. The highest BCUT2D eigenvalue weighted by atomic mass is 32.1. The molecule has 1 atom stereocenters. The molecule has 0 bridgehead atoms. The summed E-state index contributed by atoms with van der Waals surface area (Å²) in [5.74, 6) is -1.84. The summed E-state index contributed by atoms with van der Waals surface area (Å²) in [7, 11) is 0. The molecule has 2 heterocycles. The van der Waals surface area contributed by atoms with Crippen LogP contribution >= 0.6 is 11.3 Å². The molecule has 3 nitrogen and oxygen atoms in total. The van der Waals surface area contributed by atoms with Crippen molar-refractivity contribution >= 4 is 17.4 Å². The zero-order chi connectivity index (χ0) is 16.8. The lowest BCUT2D eigenvalue weighted by Crippen LogP contribution is -2.22. The van der Waals surface area contributed by atoms with Gasteiger partial charge in [-0.3, -0.25) is 0 Å². The first kappa shape index (κ1) is 15.7. The number of hydrogen-bond acceptors (Lipinski definition) is 2. The summed E-state index contributed by atoms with van der Waals surface area (Å²) in [5.41, 5.74) is -0.230. The molecule has 1 aliphatic rings. The van der Waals surface area contributed by atoms with Crippen molar-refractivity contribution in [3.05, 3.63) is 45.7 Å². The topological polar surface area (TPSA) is 41.1 Å². The van der Waals surface area contributed by atoms with E-state index in [1.165, 1.54) is 5.38 Å². The third kappa shape index (κ3) is 3.00. The highest BCUT2D eigenvalue weighted by Crippen LogP contribution is 2.38. The number of rotatable bonds is 2. The molecule has 122 valence electrons. The first-order chi connectivity index (χ1) is 10.8. The molecule has 0 saturated carbocycles. The minimum atomic E-state index is -4.50. The molecule has 1 aromatic carbocycles. The Morgan fingerprint density at radius 2 is 1.74 bits per heavy atom. The molecule has 0 spiro atoms. The molecule has 1 aliphatic heterocycles. The molecule has 0 aliphatic carbocycles. The van der Waals surface area contributed by atoms with Crippen LogP contribution in [-0.2, 0) is 6.18 Å². The average molecular weight is 348 g/mol. The van der Waals surface area contributed by atoms with Crippen LogP contribution in [0.5, 0.6) is 0 Å². The summed E-state index contributed by atoms with van der Waals surface area (Å²) in [6, 6.07) is 1.38. The standard InChI is InChI=1S/C14H9F5N2OS/c15-8-1-6(7-3-11(23-5-7)14(17,18)19)2-9(16)12(8)10-4-20-13(22)21-10/h1-3,5,10H,4H2,(H2,20,21,22). The molecule has 1 saturated heterocycles. The van der Waals surface area contributed by atoms with Crippen molar-refractivity contribution in [2.75, 3.05) is 6.54 Å². The molecule has 2 aromatic rings. The fourth-order valence-electron chi connectivity index (χ4n) is 2.35. The Morgan fingerprint density at radius 3 is 2.22 bits per heavy atom. The third-order valence-corrected chi connectivity index (χ3v) is 4.39. The number of amides is 2. The van der Waals surface area contributed by atoms with Crippen LogP contribution in [0, 0.1) is 11.6 Å². The number of benzene rings is 1. The van der Waals surface area contributed by atoms with Gasteiger partial charge in [-0.05, 0) is 34.7 Å². The SMILES string of the molecule is O=C1NCC(c2c(F)cc(-c3csc(C(F)(F)F)c3)cc2F)N1. The third-order valence-electron chi connectivity index (χ3n) is 3.41. The summed E-state index contributed by atoms with van der Waals surface area (Å²) < 4.78 is 66.1. The molecule has 23 heavy (non-hydrogen) atoms. The van der Waals surface area contributed by atoms with Gasteiger partial charge in [0.2, 0.25) is 0 Å². The van der Waals surface area contributed by atoms with Crippen molar-refractivity contribution < 1.29 is 26.7 Å². The van der Waals surface area contributed by atoms with Crippen molar-refractivity contribution in [3.63, 3.8) is 0 Å². The summed E-state index contributed by atoms with van der Waals surface area (Å²) >= 11 is 0.456. The lowest BCUT2D eigenvalue weighted by Gasteiger charge is -2.13. The molecule has 2 amide bonds. The Balaban J connectivity index is 1.96. The Morgan fingerprint density at radius 1 is 1.09 bits per heavy atom. The highest BCUT2D eigenvalue weighted by molar-refractivity contribution is 7.10. The van der Waals surface area contributed by atoms with Gasteiger partial charge in [-0.25, -0.2) is 13.6 Å². The Labute approximate surface area is 131 Å². The van der Waals surface area contributed by atoms with Gasteiger partial charge >= 0.3 is 12.2 Å². The van der Waals surface area contributed by atoms with E-state index >= 15 is 0 Å². The monoisotopic (exact) mass is 348 g/mol. The van der Waals surface area contributed by atoms with E-state index < -0.39 is 34.8 Å². The highest BCUT2D eigenvalue weighted by Gasteiger charge is 2.33. The van der Waals surface area contributed by atoms with E-state index in [-0.39, 0.29) is 23.2 Å². The normalized spacial score (nSPS) is 18.0. The fourth-order valence-corrected chi connectivity index (χ4v) is 3.14. The molecular weight excluding hydrogens is 339 g/mol. The lowest BCUT2D eigenvalue weighted by molar-refractivity contribution is -0.134. The number of carbonyl (C=O) groups excluding carboxylic acids is 1. The van der Waals surface area contributed by atoms with Crippen LogP contribution in [0.4, 0.5) is 26.7 Å². The van der Waals surface area contributed by atoms with Crippen molar-refractivity contribution in [1.82, 2.24) is 10.6 Å². The van der Waals surface area contributed by atoms with Gasteiger partial charge < -0.3 is 10.6 Å². The summed E-state index contributed by atoms with van der Waals surface area (Å²) in [5, 5.41) is 5.93. The minimum absolute atomic E-state index is 0.00721. The number of alkyl halides is 3. The number of thiophene rings is 1. The number of carbonyl (C=O) groups is 1. The average Bonchev–Trinajstić information content (AvgIpc) is 3.06. The van der Waals surface area contributed by atoms with Crippen LogP contribution in [0.1, 0.15) is 16.5 Å². The van der Waals surface area contributed by atoms with Crippen LogP contribution in [0.2, 0.25) is 0 Å². The van der Waals surface area contributed by atoms with Crippen molar-refractivity contribution in [2.24, 2.45) is 0 Å². The summed E-state index contributed by atoms with van der Waals surface area (Å²) in [4.78, 5) is 10.2. The van der Waals surface area contributed by atoms with E-state index in [4.69, 9.17) is 0 Å². The van der Waals surface area contributed by atoms with Crippen molar-refractivity contribution in [3.8, 4) is 11.1 Å². The van der Waals surface area contributed by atoms with E-state index in [9.17, 15) is 26.7 Å².